The van der Waals surface area contributed by atoms with Crippen LogP contribution in [0.1, 0.15) is 43.2 Å². The van der Waals surface area contributed by atoms with Crippen molar-refractivity contribution in [3.05, 3.63) is 33.8 Å². The van der Waals surface area contributed by atoms with E-state index in [1.54, 1.807) is 0 Å². The number of carbonyl (C=O) groups excluding carboxylic acids is 1. The molecule has 0 aromatic heterocycles. The molecule has 1 aliphatic heterocycles. The van der Waals surface area contributed by atoms with Crippen molar-refractivity contribution in [3.8, 4) is 0 Å². The van der Waals surface area contributed by atoms with Gasteiger partial charge in [-0.3, -0.25) is 4.79 Å². The van der Waals surface area contributed by atoms with Crippen molar-refractivity contribution in [1.82, 2.24) is 4.90 Å². The van der Waals surface area contributed by atoms with Gasteiger partial charge in [-0.05, 0) is 36.5 Å². The molecule has 0 radical (unpaired) electrons. The lowest BCUT2D eigenvalue weighted by molar-refractivity contribution is -0.139. The summed E-state index contributed by atoms with van der Waals surface area (Å²) in [5, 5.41) is 0. The second-order valence-corrected chi connectivity index (χ2v) is 6.93. The Kier molecular flexibility index (Phi) is 3.87. The van der Waals surface area contributed by atoms with Crippen molar-refractivity contribution in [2.75, 3.05) is 6.54 Å². The van der Waals surface area contributed by atoms with E-state index in [2.05, 4.69) is 28.1 Å². The monoisotopic (exact) mass is 336 g/mol. The Morgan fingerprint density at radius 3 is 2.75 bits per heavy atom. The normalized spacial score (nSPS) is 21.4. The number of nitrogens with zero attached hydrogens (tertiary/aromatic N) is 1. The van der Waals surface area contributed by atoms with Gasteiger partial charge in [0, 0.05) is 17.6 Å². The molecule has 20 heavy (non-hydrogen) atoms. The number of carbonyl (C=O) groups is 1. The Balaban J connectivity index is 1.79. The molecule has 2 N–H and O–H groups in total. The Hall–Kier alpha value is -0.870. The van der Waals surface area contributed by atoms with Crippen molar-refractivity contribution in [2.45, 2.75) is 50.6 Å². The number of hydrogen-bond donors (Lipinski definition) is 1. The van der Waals surface area contributed by atoms with Crippen LogP contribution in [0.3, 0.4) is 0 Å². The summed E-state index contributed by atoms with van der Waals surface area (Å²) >= 11 is 3.60. The highest BCUT2D eigenvalue weighted by Crippen LogP contribution is 2.31. The van der Waals surface area contributed by atoms with E-state index in [1.165, 1.54) is 17.5 Å². The van der Waals surface area contributed by atoms with Crippen molar-refractivity contribution in [2.24, 2.45) is 5.73 Å². The summed E-state index contributed by atoms with van der Waals surface area (Å²) in [4.78, 5) is 14.7. The first kappa shape index (κ1) is 14.1. The summed E-state index contributed by atoms with van der Waals surface area (Å²) in [6.07, 6.45) is 5.97. The highest BCUT2D eigenvalue weighted by Gasteiger charge is 2.39. The van der Waals surface area contributed by atoms with E-state index in [9.17, 15) is 4.79 Å². The SMILES string of the molecule is NC1(C(=O)N2CCc3cccc(Br)c3C2)CCCCC1. The molecule has 1 amide bonds. The van der Waals surface area contributed by atoms with E-state index in [0.717, 1.165) is 43.1 Å². The van der Waals surface area contributed by atoms with Gasteiger partial charge in [0.1, 0.15) is 0 Å². The second kappa shape index (κ2) is 5.49. The van der Waals surface area contributed by atoms with E-state index in [-0.39, 0.29) is 5.91 Å². The van der Waals surface area contributed by atoms with Crippen LogP contribution in [0, 0.1) is 0 Å². The zero-order valence-electron chi connectivity index (χ0n) is 11.7. The van der Waals surface area contributed by atoms with Gasteiger partial charge in [-0.1, -0.05) is 47.3 Å². The van der Waals surface area contributed by atoms with Gasteiger partial charge in [0.25, 0.3) is 0 Å². The lowest BCUT2D eigenvalue weighted by Gasteiger charge is -2.39. The third-order valence-corrected chi connectivity index (χ3v) is 5.42. The summed E-state index contributed by atoms with van der Waals surface area (Å²) in [6.45, 7) is 1.48. The molecule has 2 aliphatic rings. The Morgan fingerprint density at radius 2 is 2.00 bits per heavy atom. The van der Waals surface area contributed by atoms with Gasteiger partial charge >= 0.3 is 0 Å². The second-order valence-electron chi connectivity index (χ2n) is 6.07. The molecule has 0 saturated heterocycles. The van der Waals surface area contributed by atoms with E-state index < -0.39 is 5.54 Å². The van der Waals surface area contributed by atoms with Crippen LogP contribution in [0.5, 0.6) is 0 Å². The van der Waals surface area contributed by atoms with Crippen LogP contribution in [-0.4, -0.2) is 22.9 Å². The van der Waals surface area contributed by atoms with Crippen LogP contribution >= 0.6 is 15.9 Å². The molecular formula is C16H21BrN2O. The number of fused-ring (bicyclic) bond motifs is 1. The highest BCUT2D eigenvalue weighted by atomic mass is 79.9. The third-order valence-electron chi connectivity index (χ3n) is 4.67. The molecule has 1 heterocycles. The Morgan fingerprint density at radius 1 is 1.25 bits per heavy atom. The molecule has 1 fully saturated rings. The fourth-order valence-electron chi connectivity index (χ4n) is 3.42. The lowest BCUT2D eigenvalue weighted by Crippen LogP contribution is -2.57. The van der Waals surface area contributed by atoms with E-state index >= 15 is 0 Å². The fourth-order valence-corrected chi connectivity index (χ4v) is 3.96. The largest absolute Gasteiger partial charge is 0.336 e. The first-order valence-electron chi connectivity index (χ1n) is 7.45. The molecule has 108 valence electrons. The minimum Gasteiger partial charge on any atom is -0.336 e. The zero-order chi connectivity index (χ0) is 14.2. The number of benzene rings is 1. The van der Waals surface area contributed by atoms with E-state index in [1.807, 2.05) is 11.0 Å². The number of halogens is 1. The highest BCUT2D eigenvalue weighted by molar-refractivity contribution is 9.10. The molecule has 4 heteroatoms. The van der Waals surface area contributed by atoms with Gasteiger partial charge in [0.05, 0.1) is 5.54 Å². The fraction of sp³-hybridized carbons (Fsp3) is 0.562. The minimum atomic E-state index is -0.614. The van der Waals surface area contributed by atoms with Crippen LogP contribution in [0.15, 0.2) is 22.7 Å². The minimum absolute atomic E-state index is 0.151. The molecule has 1 aromatic carbocycles. The van der Waals surface area contributed by atoms with E-state index in [4.69, 9.17) is 5.73 Å². The van der Waals surface area contributed by atoms with Crippen molar-refractivity contribution >= 4 is 21.8 Å². The smallest absolute Gasteiger partial charge is 0.242 e. The number of amides is 1. The lowest BCUT2D eigenvalue weighted by atomic mass is 9.81. The molecule has 0 atom stereocenters. The van der Waals surface area contributed by atoms with Gasteiger partial charge in [0.15, 0.2) is 0 Å². The van der Waals surface area contributed by atoms with Gasteiger partial charge in [0.2, 0.25) is 5.91 Å². The molecule has 3 rings (SSSR count). The third kappa shape index (κ3) is 2.51. The first-order chi connectivity index (χ1) is 9.60. The molecule has 0 unspecified atom stereocenters. The van der Waals surface area contributed by atoms with Crippen LogP contribution < -0.4 is 5.73 Å². The van der Waals surface area contributed by atoms with Crippen molar-refractivity contribution < 1.29 is 4.79 Å². The standard InChI is InChI=1S/C16H21BrN2O/c17-14-6-4-5-12-7-10-19(11-13(12)14)15(20)16(18)8-2-1-3-9-16/h4-6H,1-3,7-11,18H2. The van der Waals surface area contributed by atoms with Gasteiger partial charge in [-0.2, -0.15) is 0 Å². The van der Waals surface area contributed by atoms with Crippen molar-refractivity contribution in [1.29, 1.82) is 0 Å². The summed E-state index contributed by atoms with van der Waals surface area (Å²) in [6, 6.07) is 6.26. The average molecular weight is 337 g/mol. The predicted octanol–water partition coefficient (Wildman–Crippen LogP) is 3.00. The molecule has 0 spiro atoms. The molecule has 3 nitrogen and oxygen atoms in total. The first-order valence-corrected chi connectivity index (χ1v) is 8.24. The van der Waals surface area contributed by atoms with Crippen LogP contribution in [0.2, 0.25) is 0 Å². The Bertz CT molecular complexity index is 523. The quantitative estimate of drug-likeness (QED) is 0.856. The molecule has 1 aromatic rings. The van der Waals surface area contributed by atoms with Crippen molar-refractivity contribution in [3.63, 3.8) is 0 Å². The maximum Gasteiger partial charge on any atom is 0.242 e. The molecule has 0 bridgehead atoms. The van der Waals surface area contributed by atoms with Gasteiger partial charge in [-0.25, -0.2) is 0 Å². The summed E-state index contributed by atoms with van der Waals surface area (Å²) < 4.78 is 1.10. The Labute approximate surface area is 128 Å². The van der Waals surface area contributed by atoms with Gasteiger partial charge < -0.3 is 10.6 Å². The van der Waals surface area contributed by atoms with Gasteiger partial charge in [-0.15, -0.1) is 0 Å². The number of hydrogen-bond acceptors (Lipinski definition) is 2. The van der Waals surface area contributed by atoms with Crippen LogP contribution in [0.25, 0.3) is 0 Å². The maximum atomic E-state index is 12.8. The number of rotatable bonds is 1. The topological polar surface area (TPSA) is 46.3 Å². The molecule has 1 aliphatic carbocycles. The molecular weight excluding hydrogens is 316 g/mol. The summed E-state index contributed by atoms with van der Waals surface area (Å²) in [5.74, 6) is 0.151. The number of nitrogens with two attached hydrogens (primary N) is 1. The van der Waals surface area contributed by atoms with Crippen LogP contribution in [0.4, 0.5) is 0 Å². The zero-order valence-corrected chi connectivity index (χ0v) is 13.3. The molecule has 1 saturated carbocycles. The van der Waals surface area contributed by atoms with Crippen LogP contribution in [-0.2, 0) is 17.8 Å². The van der Waals surface area contributed by atoms with E-state index in [0.29, 0.717) is 6.54 Å². The average Bonchev–Trinajstić information content (AvgIpc) is 2.47. The summed E-state index contributed by atoms with van der Waals surface area (Å²) in [7, 11) is 0. The summed E-state index contributed by atoms with van der Waals surface area (Å²) in [5.41, 5.74) is 8.36. The predicted molar refractivity (Wildman–Crippen MR) is 83.3 cm³/mol. The maximum absolute atomic E-state index is 12.8.